The highest BCUT2D eigenvalue weighted by Gasteiger charge is 2.19. The van der Waals surface area contributed by atoms with Gasteiger partial charge in [-0.1, -0.05) is 18.2 Å². The number of nitrogens with one attached hydrogen (secondary N) is 1. The number of carbonyl (C=O) groups excluding carboxylic acids is 1. The summed E-state index contributed by atoms with van der Waals surface area (Å²) in [5.41, 5.74) is 1.76. The van der Waals surface area contributed by atoms with Gasteiger partial charge in [0, 0.05) is 30.7 Å². The third-order valence-electron chi connectivity index (χ3n) is 4.63. The first-order chi connectivity index (χ1) is 13.3. The molecule has 0 fully saturated rings. The minimum atomic E-state index is -0.568. The smallest absolute Gasteiger partial charge is 0.256 e. The van der Waals surface area contributed by atoms with Gasteiger partial charge in [-0.2, -0.15) is 5.10 Å². The number of fused-ring (bicyclic) bond motifs is 1. The zero-order chi connectivity index (χ0) is 20.4. The van der Waals surface area contributed by atoms with Crippen molar-refractivity contribution in [1.29, 1.82) is 0 Å². The van der Waals surface area contributed by atoms with Crippen LogP contribution in [0.25, 0.3) is 10.9 Å². The molecular weight excluding hydrogens is 358 g/mol. The van der Waals surface area contributed by atoms with Crippen LogP contribution in [0.1, 0.15) is 15.9 Å². The standard InChI is InChI=1S/C20H25N5O3/c1-13-18(16-7-5-6-8-17(16)24(4)20(13)28)19(27)22-14-9-21-25(10-14)12-15(26)11-23(2)3/h5-10,15,26H,11-12H2,1-4H3,(H,22,27). The van der Waals surface area contributed by atoms with E-state index < -0.39 is 6.10 Å². The molecule has 8 nitrogen and oxygen atoms in total. The number of aromatic nitrogens is 3. The van der Waals surface area contributed by atoms with E-state index in [9.17, 15) is 14.7 Å². The summed E-state index contributed by atoms with van der Waals surface area (Å²) >= 11 is 0. The van der Waals surface area contributed by atoms with E-state index in [1.165, 1.54) is 6.20 Å². The first kappa shape index (κ1) is 19.8. The molecule has 0 aliphatic rings. The van der Waals surface area contributed by atoms with E-state index in [2.05, 4.69) is 10.4 Å². The molecule has 3 aromatic rings. The van der Waals surface area contributed by atoms with Gasteiger partial charge in [0.15, 0.2) is 0 Å². The highest BCUT2D eigenvalue weighted by molar-refractivity contribution is 6.13. The summed E-state index contributed by atoms with van der Waals surface area (Å²) in [5, 5.41) is 17.7. The Kier molecular flexibility index (Phi) is 5.62. The third-order valence-corrected chi connectivity index (χ3v) is 4.63. The van der Waals surface area contributed by atoms with Crippen molar-refractivity contribution in [2.24, 2.45) is 7.05 Å². The predicted molar refractivity (Wildman–Crippen MR) is 109 cm³/mol. The van der Waals surface area contributed by atoms with Gasteiger partial charge in [-0.3, -0.25) is 14.3 Å². The Morgan fingerprint density at radius 2 is 2.04 bits per heavy atom. The average molecular weight is 383 g/mol. The topological polar surface area (TPSA) is 92.4 Å². The largest absolute Gasteiger partial charge is 0.390 e. The lowest BCUT2D eigenvalue weighted by Crippen LogP contribution is -2.29. The van der Waals surface area contributed by atoms with Gasteiger partial charge in [0.05, 0.1) is 35.6 Å². The first-order valence-corrected chi connectivity index (χ1v) is 9.03. The molecule has 2 N–H and O–H groups in total. The van der Waals surface area contributed by atoms with E-state index in [0.29, 0.717) is 40.8 Å². The van der Waals surface area contributed by atoms with Crippen LogP contribution in [0.2, 0.25) is 0 Å². The molecule has 0 aliphatic heterocycles. The fourth-order valence-corrected chi connectivity index (χ4v) is 3.36. The number of likely N-dealkylation sites (N-methyl/N-ethyl adjacent to an activating group) is 1. The van der Waals surface area contributed by atoms with Gasteiger partial charge in [-0.05, 0) is 27.1 Å². The summed E-state index contributed by atoms with van der Waals surface area (Å²) in [4.78, 5) is 27.3. The highest BCUT2D eigenvalue weighted by Crippen LogP contribution is 2.20. The number of aryl methyl sites for hydroxylation is 1. The van der Waals surface area contributed by atoms with Gasteiger partial charge >= 0.3 is 0 Å². The number of aliphatic hydroxyl groups excluding tert-OH is 1. The lowest BCUT2D eigenvalue weighted by Gasteiger charge is -2.15. The van der Waals surface area contributed by atoms with Crippen LogP contribution in [0, 0.1) is 6.92 Å². The second-order valence-electron chi connectivity index (χ2n) is 7.20. The molecule has 0 saturated heterocycles. The summed E-state index contributed by atoms with van der Waals surface area (Å²) in [6, 6.07) is 7.32. The van der Waals surface area contributed by atoms with Gasteiger partial charge in [0.25, 0.3) is 11.5 Å². The Morgan fingerprint density at radius 3 is 2.75 bits per heavy atom. The van der Waals surface area contributed by atoms with E-state index in [-0.39, 0.29) is 11.5 Å². The van der Waals surface area contributed by atoms with Crippen LogP contribution in [0.5, 0.6) is 0 Å². The van der Waals surface area contributed by atoms with Crippen LogP contribution in [-0.2, 0) is 13.6 Å². The van der Waals surface area contributed by atoms with Gasteiger partial charge in [0.1, 0.15) is 0 Å². The SMILES string of the molecule is Cc1c(C(=O)Nc2cnn(CC(O)CN(C)C)c2)c2ccccc2n(C)c1=O. The Morgan fingerprint density at radius 1 is 1.32 bits per heavy atom. The fraction of sp³-hybridized carbons (Fsp3) is 0.350. The number of nitrogens with zero attached hydrogens (tertiary/aromatic N) is 4. The van der Waals surface area contributed by atoms with Crippen LogP contribution >= 0.6 is 0 Å². The zero-order valence-electron chi connectivity index (χ0n) is 16.5. The molecule has 0 saturated carbocycles. The fourth-order valence-electron chi connectivity index (χ4n) is 3.36. The Balaban J connectivity index is 1.86. The molecule has 2 aromatic heterocycles. The molecule has 8 heteroatoms. The van der Waals surface area contributed by atoms with Crippen LogP contribution in [0.15, 0.2) is 41.5 Å². The van der Waals surface area contributed by atoms with Crippen molar-refractivity contribution >= 4 is 22.5 Å². The molecule has 0 bridgehead atoms. The number of carbonyl (C=O) groups is 1. The van der Waals surface area contributed by atoms with Crippen molar-refractivity contribution < 1.29 is 9.90 Å². The minimum absolute atomic E-state index is 0.202. The van der Waals surface area contributed by atoms with Crippen molar-refractivity contribution in [3.8, 4) is 0 Å². The quantitative estimate of drug-likeness (QED) is 0.668. The molecule has 1 atom stereocenters. The molecule has 0 radical (unpaired) electrons. The number of benzene rings is 1. The summed E-state index contributed by atoms with van der Waals surface area (Å²) < 4.78 is 3.13. The van der Waals surface area contributed by atoms with Crippen molar-refractivity contribution in [3.63, 3.8) is 0 Å². The lowest BCUT2D eigenvalue weighted by atomic mass is 10.0. The molecular formula is C20H25N5O3. The van der Waals surface area contributed by atoms with Crippen LogP contribution in [0.4, 0.5) is 5.69 Å². The maximum Gasteiger partial charge on any atom is 0.256 e. The molecule has 0 aliphatic carbocycles. The molecule has 28 heavy (non-hydrogen) atoms. The number of para-hydroxylation sites is 1. The number of aliphatic hydroxyl groups is 1. The summed E-state index contributed by atoms with van der Waals surface area (Å²) in [6.45, 7) is 2.49. The van der Waals surface area contributed by atoms with Gasteiger partial charge < -0.3 is 19.9 Å². The maximum atomic E-state index is 12.9. The Labute approximate surface area is 163 Å². The third kappa shape index (κ3) is 3.97. The van der Waals surface area contributed by atoms with E-state index in [1.54, 1.807) is 29.4 Å². The van der Waals surface area contributed by atoms with Crippen molar-refractivity contribution in [2.75, 3.05) is 26.0 Å². The average Bonchev–Trinajstić information content (AvgIpc) is 3.06. The number of rotatable bonds is 6. The van der Waals surface area contributed by atoms with E-state index in [4.69, 9.17) is 0 Å². The summed E-state index contributed by atoms with van der Waals surface area (Å²) in [6.07, 6.45) is 2.62. The van der Waals surface area contributed by atoms with Gasteiger partial charge in [0.2, 0.25) is 0 Å². The van der Waals surface area contributed by atoms with E-state index in [0.717, 1.165) is 0 Å². The van der Waals surface area contributed by atoms with Crippen LogP contribution < -0.4 is 10.9 Å². The van der Waals surface area contributed by atoms with E-state index >= 15 is 0 Å². The zero-order valence-corrected chi connectivity index (χ0v) is 16.5. The molecule has 2 heterocycles. The maximum absolute atomic E-state index is 12.9. The highest BCUT2D eigenvalue weighted by atomic mass is 16.3. The summed E-state index contributed by atoms with van der Waals surface area (Å²) in [7, 11) is 5.46. The Hall–Kier alpha value is -2.97. The predicted octanol–water partition coefficient (Wildman–Crippen LogP) is 1.22. The lowest BCUT2D eigenvalue weighted by molar-refractivity contribution is 0.102. The van der Waals surface area contributed by atoms with Crippen LogP contribution in [-0.4, -0.2) is 57.0 Å². The van der Waals surface area contributed by atoms with Gasteiger partial charge in [-0.25, -0.2) is 0 Å². The number of hydrogen-bond donors (Lipinski definition) is 2. The molecule has 148 valence electrons. The van der Waals surface area contributed by atoms with Crippen molar-refractivity contribution in [2.45, 2.75) is 19.6 Å². The first-order valence-electron chi connectivity index (χ1n) is 9.03. The van der Waals surface area contributed by atoms with Crippen molar-refractivity contribution in [3.05, 3.63) is 58.1 Å². The summed E-state index contributed by atoms with van der Waals surface area (Å²) in [5.74, 6) is -0.361. The van der Waals surface area contributed by atoms with E-state index in [1.807, 2.05) is 43.3 Å². The number of anilines is 1. The molecule has 1 unspecified atom stereocenters. The number of amides is 1. The second-order valence-corrected chi connectivity index (χ2v) is 7.20. The molecule has 3 rings (SSSR count). The Bertz CT molecular complexity index is 1070. The number of pyridine rings is 1. The molecule has 0 spiro atoms. The van der Waals surface area contributed by atoms with Crippen LogP contribution in [0.3, 0.4) is 0 Å². The van der Waals surface area contributed by atoms with Crippen molar-refractivity contribution in [1.82, 2.24) is 19.2 Å². The molecule has 1 aromatic carbocycles. The molecule has 1 amide bonds. The normalized spacial score (nSPS) is 12.5. The monoisotopic (exact) mass is 383 g/mol. The van der Waals surface area contributed by atoms with Gasteiger partial charge in [-0.15, -0.1) is 0 Å². The second kappa shape index (κ2) is 7.95. The number of hydrogen-bond acceptors (Lipinski definition) is 5. The minimum Gasteiger partial charge on any atom is -0.390 e.